The molecule has 0 bridgehead atoms. The fourth-order valence-corrected chi connectivity index (χ4v) is 3.29. The molecule has 1 aromatic carbocycles. The molecular weight excluding hydrogens is 301 g/mol. The molecule has 1 unspecified atom stereocenters. The van der Waals surface area contributed by atoms with Crippen LogP contribution in [0.1, 0.15) is 30.6 Å². The highest BCUT2D eigenvalue weighted by atomic mass is 32.2. The van der Waals surface area contributed by atoms with Crippen LogP contribution in [0.4, 0.5) is 4.39 Å². The van der Waals surface area contributed by atoms with E-state index in [0.29, 0.717) is 0 Å². The molecule has 0 spiro atoms. The fraction of sp³-hybridized carbons (Fsp3) is 0.462. The Hall–Kier alpha value is -1.51. The molecule has 0 radical (unpaired) electrons. The van der Waals surface area contributed by atoms with Gasteiger partial charge in [-0.25, -0.2) is 22.3 Å². The summed E-state index contributed by atoms with van der Waals surface area (Å²) < 4.78 is 40.4. The van der Waals surface area contributed by atoms with Crippen LogP contribution in [0, 0.1) is 11.7 Å². The number of hydrogen-bond acceptors (Lipinski definition) is 4. The SMILES string of the molecule is CC(C)C(CCO)NS(=O)(=O)c1cc(C(=O)O)ccc1F. The smallest absolute Gasteiger partial charge is 0.335 e. The topological polar surface area (TPSA) is 104 Å². The van der Waals surface area contributed by atoms with Crippen molar-refractivity contribution < 1.29 is 27.8 Å². The van der Waals surface area contributed by atoms with E-state index in [-0.39, 0.29) is 24.5 Å². The lowest BCUT2D eigenvalue weighted by Gasteiger charge is -2.21. The maximum Gasteiger partial charge on any atom is 0.335 e. The average molecular weight is 319 g/mol. The Labute approximate surface area is 122 Å². The van der Waals surface area contributed by atoms with Crippen LogP contribution in [0.3, 0.4) is 0 Å². The summed E-state index contributed by atoms with van der Waals surface area (Å²) in [6.45, 7) is 3.29. The van der Waals surface area contributed by atoms with Gasteiger partial charge in [0, 0.05) is 12.6 Å². The van der Waals surface area contributed by atoms with Crippen molar-refractivity contribution in [3.8, 4) is 0 Å². The normalized spacial score (nSPS) is 13.4. The van der Waals surface area contributed by atoms with Gasteiger partial charge in [-0.2, -0.15) is 0 Å². The van der Waals surface area contributed by atoms with Crippen LogP contribution in [-0.2, 0) is 10.0 Å². The number of sulfonamides is 1. The number of aliphatic hydroxyl groups excluding tert-OH is 1. The summed E-state index contributed by atoms with van der Waals surface area (Å²) in [7, 11) is -4.21. The molecule has 0 aliphatic rings. The van der Waals surface area contributed by atoms with Crippen molar-refractivity contribution >= 4 is 16.0 Å². The number of halogens is 1. The van der Waals surface area contributed by atoms with Crippen molar-refractivity contribution in [2.24, 2.45) is 5.92 Å². The molecule has 8 heteroatoms. The Balaban J connectivity index is 3.18. The highest BCUT2D eigenvalue weighted by molar-refractivity contribution is 7.89. The van der Waals surface area contributed by atoms with E-state index in [9.17, 15) is 17.6 Å². The summed E-state index contributed by atoms with van der Waals surface area (Å²) in [6.07, 6.45) is 0.178. The molecule has 1 rings (SSSR count). The van der Waals surface area contributed by atoms with Crippen molar-refractivity contribution in [2.45, 2.75) is 31.2 Å². The number of carboxylic acid groups (broad SMARTS) is 1. The van der Waals surface area contributed by atoms with Gasteiger partial charge in [-0.15, -0.1) is 0 Å². The number of carbonyl (C=O) groups is 1. The predicted molar refractivity (Wildman–Crippen MR) is 74.0 cm³/mol. The van der Waals surface area contributed by atoms with Gasteiger partial charge in [0.1, 0.15) is 10.7 Å². The van der Waals surface area contributed by atoms with E-state index in [1.54, 1.807) is 13.8 Å². The van der Waals surface area contributed by atoms with Crippen LogP contribution >= 0.6 is 0 Å². The molecule has 1 atom stereocenters. The summed E-state index contributed by atoms with van der Waals surface area (Å²) >= 11 is 0. The first-order chi connectivity index (χ1) is 9.69. The lowest BCUT2D eigenvalue weighted by atomic mass is 10.0. The van der Waals surface area contributed by atoms with Crippen molar-refractivity contribution in [1.29, 1.82) is 0 Å². The van der Waals surface area contributed by atoms with Crippen molar-refractivity contribution in [3.05, 3.63) is 29.6 Å². The lowest BCUT2D eigenvalue weighted by molar-refractivity contribution is 0.0696. The molecular formula is C13H18FNO5S. The third kappa shape index (κ3) is 4.48. The lowest BCUT2D eigenvalue weighted by Crippen LogP contribution is -2.39. The van der Waals surface area contributed by atoms with Crippen molar-refractivity contribution in [1.82, 2.24) is 4.72 Å². The number of hydrogen-bond donors (Lipinski definition) is 3. The number of rotatable bonds is 7. The van der Waals surface area contributed by atoms with Crippen LogP contribution in [-0.4, -0.2) is 37.2 Å². The number of aliphatic hydroxyl groups is 1. The first-order valence-electron chi connectivity index (χ1n) is 6.35. The van der Waals surface area contributed by atoms with Gasteiger partial charge in [0.05, 0.1) is 5.56 Å². The van der Waals surface area contributed by atoms with E-state index in [4.69, 9.17) is 10.2 Å². The monoisotopic (exact) mass is 319 g/mol. The quantitative estimate of drug-likeness (QED) is 0.701. The molecule has 6 nitrogen and oxygen atoms in total. The van der Waals surface area contributed by atoms with E-state index in [2.05, 4.69) is 4.72 Å². The van der Waals surface area contributed by atoms with Gasteiger partial charge in [0.15, 0.2) is 0 Å². The van der Waals surface area contributed by atoms with Crippen LogP contribution in [0.25, 0.3) is 0 Å². The summed E-state index contributed by atoms with van der Waals surface area (Å²) in [5.41, 5.74) is -0.319. The van der Waals surface area contributed by atoms with E-state index < -0.39 is 32.7 Å². The molecule has 118 valence electrons. The predicted octanol–water partition coefficient (Wildman–Crippen LogP) is 1.21. The molecule has 0 aliphatic heterocycles. The molecule has 0 heterocycles. The number of aromatic carboxylic acids is 1. The van der Waals surface area contributed by atoms with Crippen LogP contribution in [0.2, 0.25) is 0 Å². The zero-order valence-electron chi connectivity index (χ0n) is 11.7. The van der Waals surface area contributed by atoms with E-state index >= 15 is 0 Å². The summed E-state index contributed by atoms with van der Waals surface area (Å²) in [5, 5.41) is 17.8. The van der Waals surface area contributed by atoms with Gasteiger partial charge in [0.25, 0.3) is 0 Å². The van der Waals surface area contributed by atoms with Gasteiger partial charge in [0.2, 0.25) is 10.0 Å². The standard InChI is InChI=1S/C13H18FNO5S/c1-8(2)11(5-6-16)15-21(19,20)12-7-9(13(17)18)3-4-10(12)14/h3-4,7-8,11,15-16H,5-6H2,1-2H3,(H,17,18). The molecule has 0 aromatic heterocycles. The minimum atomic E-state index is -4.21. The second kappa shape index (κ2) is 6.97. The third-order valence-corrected chi connectivity index (χ3v) is 4.52. The van der Waals surface area contributed by atoms with Crippen molar-refractivity contribution in [2.75, 3.05) is 6.61 Å². The first-order valence-corrected chi connectivity index (χ1v) is 7.83. The fourth-order valence-electron chi connectivity index (χ4n) is 1.77. The van der Waals surface area contributed by atoms with Crippen molar-refractivity contribution in [3.63, 3.8) is 0 Å². The van der Waals surface area contributed by atoms with E-state index in [1.165, 1.54) is 0 Å². The molecule has 3 N–H and O–H groups in total. The maximum absolute atomic E-state index is 13.7. The van der Waals surface area contributed by atoms with Gasteiger partial charge < -0.3 is 10.2 Å². The highest BCUT2D eigenvalue weighted by Crippen LogP contribution is 2.18. The zero-order chi connectivity index (χ0) is 16.2. The second-order valence-electron chi connectivity index (χ2n) is 4.93. The molecule has 0 saturated carbocycles. The van der Waals surface area contributed by atoms with E-state index in [0.717, 1.165) is 18.2 Å². The molecule has 0 saturated heterocycles. The number of carboxylic acids is 1. The van der Waals surface area contributed by atoms with Crippen LogP contribution < -0.4 is 4.72 Å². The highest BCUT2D eigenvalue weighted by Gasteiger charge is 2.25. The molecule has 0 aliphatic carbocycles. The average Bonchev–Trinajstić information content (AvgIpc) is 2.37. The number of benzene rings is 1. The van der Waals surface area contributed by atoms with Gasteiger partial charge in [-0.05, 0) is 30.5 Å². The largest absolute Gasteiger partial charge is 0.478 e. The van der Waals surface area contributed by atoms with Crippen LogP contribution in [0.5, 0.6) is 0 Å². The molecule has 0 fully saturated rings. The summed E-state index contributed by atoms with van der Waals surface area (Å²) in [4.78, 5) is 10.1. The zero-order valence-corrected chi connectivity index (χ0v) is 12.5. The Morgan fingerprint density at radius 3 is 2.48 bits per heavy atom. The minimum Gasteiger partial charge on any atom is -0.478 e. The Bertz CT molecular complexity index is 615. The molecule has 0 amide bonds. The van der Waals surface area contributed by atoms with Crippen LogP contribution in [0.15, 0.2) is 23.1 Å². The van der Waals surface area contributed by atoms with Gasteiger partial charge in [-0.3, -0.25) is 0 Å². The third-order valence-electron chi connectivity index (χ3n) is 3.02. The summed E-state index contributed by atoms with van der Waals surface area (Å²) in [6, 6.07) is 1.99. The summed E-state index contributed by atoms with van der Waals surface area (Å²) in [5.74, 6) is -2.49. The molecule has 1 aromatic rings. The number of nitrogens with one attached hydrogen (secondary N) is 1. The van der Waals surface area contributed by atoms with E-state index in [1.807, 2.05) is 0 Å². The second-order valence-corrected chi connectivity index (χ2v) is 6.62. The van der Waals surface area contributed by atoms with Gasteiger partial charge >= 0.3 is 5.97 Å². The maximum atomic E-state index is 13.7. The Kier molecular flexibility index (Phi) is 5.82. The Morgan fingerprint density at radius 2 is 2.00 bits per heavy atom. The first kappa shape index (κ1) is 17.5. The van der Waals surface area contributed by atoms with Gasteiger partial charge in [-0.1, -0.05) is 13.8 Å². The Morgan fingerprint density at radius 1 is 1.38 bits per heavy atom. The molecule has 21 heavy (non-hydrogen) atoms. The minimum absolute atomic E-state index is 0.113.